The third-order valence-corrected chi connectivity index (χ3v) is 4.87. The first kappa shape index (κ1) is 16.8. The summed E-state index contributed by atoms with van der Waals surface area (Å²) in [7, 11) is -4.65. The van der Waals surface area contributed by atoms with Gasteiger partial charge in [0.15, 0.2) is 0 Å². The van der Waals surface area contributed by atoms with E-state index >= 15 is 0 Å². The van der Waals surface area contributed by atoms with Crippen LogP contribution in [0.4, 0.5) is 5.69 Å². The molecular weight excluding hydrogens is 300 g/mol. The van der Waals surface area contributed by atoms with Crippen LogP contribution in [0.25, 0.3) is 0 Å². The number of carbonyl (C=O) groups excluding carboxylic acids is 1. The van der Waals surface area contributed by atoms with Gasteiger partial charge in [0.25, 0.3) is 0 Å². The number of anilines is 1. The van der Waals surface area contributed by atoms with E-state index in [1.54, 1.807) is 18.2 Å². The highest BCUT2D eigenvalue weighted by molar-refractivity contribution is 7.92. The Morgan fingerprint density at radius 2 is 2.10 bits per heavy atom. The lowest BCUT2D eigenvalue weighted by Crippen LogP contribution is -2.23. The molecule has 112 valence electrons. The minimum atomic E-state index is -3.16. The SMILES string of the molecule is CS(=O)(=O)CCS(=O)CC(=O)Nc1cccc(CN)c1. The zero-order valence-corrected chi connectivity index (χ0v) is 12.8. The van der Waals surface area contributed by atoms with Crippen molar-refractivity contribution in [1.82, 2.24) is 0 Å². The quantitative estimate of drug-likeness (QED) is 0.729. The molecule has 1 rings (SSSR count). The van der Waals surface area contributed by atoms with Crippen LogP contribution in [0, 0.1) is 0 Å². The lowest BCUT2D eigenvalue weighted by Gasteiger charge is -2.06. The molecule has 0 spiro atoms. The van der Waals surface area contributed by atoms with E-state index in [2.05, 4.69) is 5.32 Å². The molecule has 0 saturated carbocycles. The van der Waals surface area contributed by atoms with E-state index in [-0.39, 0.29) is 17.3 Å². The Balaban J connectivity index is 2.48. The highest BCUT2D eigenvalue weighted by atomic mass is 32.2. The average molecular weight is 318 g/mol. The van der Waals surface area contributed by atoms with E-state index in [1.807, 2.05) is 6.07 Å². The van der Waals surface area contributed by atoms with Crippen molar-refractivity contribution in [3.05, 3.63) is 29.8 Å². The summed E-state index contributed by atoms with van der Waals surface area (Å²) < 4.78 is 33.5. The average Bonchev–Trinajstić information content (AvgIpc) is 2.35. The second-order valence-electron chi connectivity index (χ2n) is 4.37. The Morgan fingerprint density at radius 1 is 1.40 bits per heavy atom. The highest BCUT2D eigenvalue weighted by Gasteiger charge is 2.11. The van der Waals surface area contributed by atoms with Crippen molar-refractivity contribution < 1.29 is 17.4 Å². The maximum atomic E-state index is 11.7. The van der Waals surface area contributed by atoms with Gasteiger partial charge < -0.3 is 11.1 Å². The van der Waals surface area contributed by atoms with Gasteiger partial charge in [0.05, 0.1) is 5.75 Å². The summed E-state index contributed by atoms with van der Waals surface area (Å²) in [5.41, 5.74) is 6.95. The van der Waals surface area contributed by atoms with E-state index in [1.165, 1.54) is 0 Å². The molecule has 1 atom stereocenters. The summed E-state index contributed by atoms with van der Waals surface area (Å²) in [6, 6.07) is 7.03. The first-order valence-electron chi connectivity index (χ1n) is 5.92. The Labute approximate surface area is 121 Å². The first-order chi connectivity index (χ1) is 9.30. The van der Waals surface area contributed by atoms with E-state index in [0.29, 0.717) is 12.2 Å². The van der Waals surface area contributed by atoms with Crippen LogP contribution in [-0.2, 0) is 32.0 Å². The van der Waals surface area contributed by atoms with E-state index < -0.39 is 26.5 Å². The van der Waals surface area contributed by atoms with Crippen molar-refractivity contribution in [3.8, 4) is 0 Å². The predicted octanol–water partition coefficient (Wildman–Crippen LogP) is -0.123. The summed E-state index contributed by atoms with van der Waals surface area (Å²) in [5.74, 6) is -0.849. The standard InChI is InChI=1S/C12H18N2O4S2/c1-20(17,18)6-5-19(16)9-12(15)14-11-4-2-3-10(7-11)8-13/h2-4,7H,5-6,8-9,13H2,1H3,(H,14,15). The number of benzene rings is 1. The number of nitrogens with two attached hydrogens (primary N) is 1. The molecule has 0 radical (unpaired) electrons. The van der Waals surface area contributed by atoms with Gasteiger partial charge in [-0.3, -0.25) is 9.00 Å². The van der Waals surface area contributed by atoms with Crippen LogP contribution in [-0.4, -0.2) is 42.0 Å². The molecule has 1 unspecified atom stereocenters. The molecule has 3 N–H and O–H groups in total. The summed E-state index contributed by atoms with van der Waals surface area (Å²) in [4.78, 5) is 11.7. The topological polar surface area (TPSA) is 106 Å². The Hall–Kier alpha value is -1.25. The highest BCUT2D eigenvalue weighted by Crippen LogP contribution is 2.10. The monoisotopic (exact) mass is 318 g/mol. The van der Waals surface area contributed by atoms with Gasteiger partial charge in [-0.15, -0.1) is 0 Å². The largest absolute Gasteiger partial charge is 0.326 e. The van der Waals surface area contributed by atoms with Gasteiger partial charge in [0, 0.05) is 35.0 Å². The number of nitrogens with one attached hydrogen (secondary N) is 1. The maximum Gasteiger partial charge on any atom is 0.236 e. The number of sulfone groups is 1. The molecule has 0 fully saturated rings. The van der Waals surface area contributed by atoms with Crippen LogP contribution in [0.15, 0.2) is 24.3 Å². The molecule has 6 nitrogen and oxygen atoms in total. The molecule has 0 aliphatic heterocycles. The summed E-state index contributed by atoms with van der Waals surface area (Å²) in [6.07, 6.45) is 1.07. The summed E-state index contributed by atoms with van der Waals surface area (Å²) in [6.45, 7) is 0.365. The van der Waals surface area contributed by atoms with Gasteiger partial charge in [0.2, 0.25) is 5.91 Å². The molecule has 0 aromatic heterocycles. The molecule has 0 bridgehead atoms. The molecule has 1 aromatic rings. The smallest absolute Gasteiger partial charge is 0.236 e. The minimum absolute atomic E-state index is 0.0326. The third-order valence-electron chi connectivity index (χ3n) is 2.42. The number of rotatable bonds is 7. The summed E-state index contributed by atoms with van der Waals surface area (Å²) in [5, 5.41) is 2.61. The molecule has 0 heterocycles. The van der Waals surface area contributed by atoms with Gasteiger partial charge in [-0.1, -0.05) is 12.1 Å². The Morgan fingerprint density at radius 3 is 2.70 bits per heavy atom. The molecule has 0 aliphatic rings. The van der Waals surface area contributed by atoms with Crippen LogP contribution in [0.3, 0.4) is 0 Å². The Bertz CT molecular complexity index is 599. The maximum absolute atomic E-state index is 11.7. The number of amides is 1. The number of hydrogen-bond acceptors (Lipinski definition) is 5. The molecule has 0 saturated heterocycles. The fraction of sp³-hybridized carbons (Fsp3) is 0.417. The Kier molecular flexibility index (Phi) is 6.31. The van der Waals surface area contributed by atoms with Gasteiger partial charge in [0.1, 0.15) is 15.6 Å². The lowest BCUT2D eigenvalue weighted by molar-refractivity contribution is -0.113. The summed E-state index contributed by atoms with van der Waals surface area (Å²) >= 11 is 0. The predicted molar refractivity (Wildman–Crippen MR) is 80.6 cm³/mol. The van der Waals surface area contributed by atoms with Gasteiger partial charge in [-0.2, -0.15) is 0 Å². The van der Waals surface area contributed by atoms with E-state index in [0.717, 1.165) is 11.8 Å². The van der Waals surface area contributed by atoms with Gasteiger partial charge in [-0.25, -0.2) is 8.42 Å². The van der Waals surface area contributed by atoms with E-state index in [4.69, 9.17) is 5.73 Å². The van der Waals surface area contributed by atoms with Crippen LogP contribution >= 0.6 is 0 Å². The van der Waals surface area contributed by atoms with Crippen LogP contribution in [0.1, 0.15) is 5.56 Å². The van der Waals surface area contributed by atoms with Crippen molar-refractivity contribution in [2.75, 3.05) is 28.8 Å². The molecule has 8 heteroatoms. The molecule has 1 aromatic carbocycles. The number of hydrogen-bond donors (Lipinski definition) is 2. The zero-order valence-electron chi connectivity index (χ0n) is 11.2. The molecular formula is C12H18N2O4S2. The van der Waals surface area contributed by atoms with Crippen molar-refractivity contribution in [3.63, 3.8) is 0 Å². The van der Waals surface area contributed by atoms with Gasteiger partial charge in [-0.05, 0) is 17.7 Å². The normalized spacial score (nSPS) is 12.9. The van der Waals surface area contributed by atoms with Gasteiger partial charge >= 0.3 is 0 Å². The molecule has 20 heavy (non-hydrogen) atoms. The van der Waals surface area contributed by atoms with Crippen molar-refractivity contribution in [2.45, 2.75) is 6.54 Å². The minimum Gasteiger partial charge on any atom is -0.326 e. The van der Waals surface area contributed by atoms with Crippen molar-refractivity contribution in [1.29, 1.82) is 0 Å². The van der Waals surface area contributed by atoms with Crippen molar-refractivity contribution in [2.24, 2.45) is 5.73 Å². The van der Waals surface area contributed by atoms with Crippen molar-refractivity contribution >= 4 is 32.2 Å². The molecule has 1 amide bonds. The van der Waals surface area contributed by atoms with Crippen LogP contribution < -0.4 is 11.1 Å². The fourth-order valence-corrected chi connectivity index (χ4v) is 3.90. The second-order valence-corrected chi connectivity index (χ2v) is 8.21. The van der Waals surface area contributed by atoms with Crippen LogP contribution in [0.2, 0.25) is 0 Å². The number of carbonyl (C=O) groups is 1. The van der Waals surface area contributed by atoms with E-state index in [9.17, 15) is 17.4 Å². The fourth-order valence-electron chi connectivity index (χ4n) is 1.44. The lowest BCUT2D eigenvalue weighted by atomic mass is 10.2. The van der Waals surface area contributed by atoms with Crippen LogP contribution in [0.5, 0.6) is 0 Å². The molecule has 0 aliphatic carbocycles. The second kappa shape index (κ2) is 7.51. The zero-order chi connectivity index (χ0) is 15.2. The third kappa shape index (κ3) is 6.78. The first-order valence-corrected chi connectivity index (χ1v) is 9.46.